The average Bonchev–Trinajstić information content (AvgIpc) is 2.56. The smallest absolute Gasteiger partial charge is 0.200 e. The highest BCUT2D eigenvalue weighted by Gasteiger charge is 2.47. The van der Waals surface area contributed by atoms with Gasteiger partial charge in [0.25, 0.3) is 0 Å². The van der Waals surface area contributed by atoms with Crippen molar-refractivity contribution in [3.8, 4) is 0 Å². The van der Waals surface area contributed by atoms with Crippen molar-refractivity contribution in [3.05, 3.63) is 85.0 Å². The lowest BCUT2D eigenvalue weighted by atomic mass is 10.2. The number of carbonyl (C=O) groups is 1. The van der Waals surface area contributed by atoms with Crippen molar-refractivity contribution >= 4 is 40.6 Å². The molecule has 1 unspecified atom stereocenters. The lowest BCUT2D eigenvalue weighted by Crippen LogP contribution is -2.34. The Balaban J connectivity index is 0.00000176. The van der Waals surface area contributed by atoms with Crippen LogP contribution in [0.15, 0.2) is 85.0 Å². The Kier molecular flexibility index (Phi) is 5.50. The molecule has 1 nitrogen and oxygen atoms in total. The van der Waals surface area contributed by atoms with E-state index in [1.807, 2.05) is 24.3 Å². The van der Waals surface area contributed by atoms with Crippen molar-refractivity contribution in [2.45, 2.75) is 5.66 Å². The summed E-state index contributed by atoms with van der Waals surface area (Å²) in [6, 6.07) is 20.9. The second-order valence-corrected chi connectivity index (χ2v) is 9.08. The largest absolute Gasteiger partial charge is 0.290 e. The van der Waals surface area contributed by atoms with E-state index in [1.54, 1.807) is 6.08 Å². The van der Waals surface area contributed by atoms with E-state index in [1.165, 1.54) is 10.6 Å². The van der Waals surface area contributed by atoms with Gasteiger partial charge in [0, 0.05) is 0 Å². The maximum Gasteiger partial charge on any atom is 0.200 e. The van der Waals surface area contributed by atoms with Gasteiger partial charge in [-0.1, -0.05) is 48.6 Å². The fraction of sp³-hybridized carbons (Fsp3) is 0.105. The van der Waals surface area contributed by atoms with E-state index in [0.717, 1.165) is 0 Å². The van der Waals surface area contributed by atoms with E-state index in [4.69, 9.17) is 0 Å². The van der Waals surface area contributed by atoms with Crippen LogP contribution in [0, 0.1) is 0 Å². The molecule has 0 bridgehead atoms. The van der Waals surface area contributed by atoms with Gasteiger partial charge < -0.3 is 0 Å². The number of halogens is 1. The van der Waals surface area contributed by atoms with Gasteiger partial charge in [-0.05, 0) is 36.4 Å². The van der Waals surface area contributed by atoms with E-state index in [0.29, 0.717) is 0 Å². The van der Waals surface area contributed by atoms with E-state index in [-0.39, 0.29) is 28.4 Å². The summed E-state index contributed by atoms with van der Waals surface area (Å²) in [7, 11) is -1.79. The van der Waals surface area contributed by atoms with Crippen LogP contribution in [0.1, 0.15) is 0 Å². The van der Waals surface area contributed by atoms with Crippen LogP contribution in [0.2, 0.25) is 0 Å². The van der Waals surface area contributed by atoms with Crippen LogP contribution in [0.25, 0.3) is 0 Å². The monoisotopic (exact) mass is 373 g/mol. The molecule has 0 saturated carbocycles. The third kappa shape index (κ3) is 2.99. The van der Waals surface area contributed by atoms with Gasteiger partial charge >= 0.3 is 0 Å². The Morgan fingerprint density at radius 3 is 1.77 bits per heavy atom. The second kappa shape index (κ2) is 7.17. The minimum absolute atomic E-state index is 0. The van der Waals surface area contributed by atoms with Crippen molar-refractivity contribution in [1.29, 1.82) is 0 Å². The number of hydrogen-bond donors (Lipinski definition) is 0. The Labute approximate surface area is 142 Å². The molecule has 0 aromatic heterocycles. The number of carbonyl (C=O) groups excluding carboxylic acids is 1. The molecule has 3 rings (SSSR count). The highest BCUT2D eigenvalue weighted by atomic mass is 79.9. The van der Waals surface area contributed by atoms with Gasteiger partial charge in [0.05, 0.1) is 24.5 Å². The first-order valence-electron chi connectivity index (χ1n) is 7.09. The SMILES string of the molecule is Br.C[P+](c1ccccc1)(c1ccccc1)C1C=CC=CC1=O. The summed E-state index contributed by atoms with van der Waals surface area (Å²) in [6.45, 7) is 2.27. The zero-order valence-corrected chi connectivity index (χ0v) is 15.0. The summed E-state index contributed by atoms with van der Waals surface area (Å²) in [5.41, 5.74) is -0.0627. The van der Waals surface area contributed by atoms with Crippen molar-refractivity contribution in [2.75, 3.05) is 6.66 Å². The highest BCUT2D eigenvalue weighted by molar-refractivity contribution is 8.93. The Morgan fingerprint density at radius 2 is 1.32 bits per heavy atom. The molecule has 1 aliphatic carbocycles. The fourth-order valence-corrected chi connectivity index (χ4v) is 6.45. The highest BCUT2D eigenvalue weighted by Crippen LogP contribution is 2.58. The summed E-state index contributed by atoms with van der Waals surface area (Å²) in [4.78, 5) is 12.5. The topological polar surface area (TPSA) is 17.1 Å². The standard InChI is InChI=1S/C19H18OP.BrH/c1-21(16-10-4-2-5-11-16,17-12-6-3-7-13-17)19-15-9-8-14-18(19)20;/h2-15,19H,1H3;1H/q+1;. The minimum atomic E-state index is -1.79. The zero-order chi connectivity index (χ0) is 14.7. The van der Waals surface area contributed by atoms with Crippen molar-refractivity contribution < 1.29 is 4.79 Å². The number of hydrogen-bond acceptors (Lipinski definition) is 1. The molecule has 112 valence electrons. The van der Waals surface area contributed by atoms with Crippen LogP contribution in [-0.4, -0.2) is 18.1 Å². The number of rotatable bonds is 3. The molecule has 2 aromatic carbocycles. The molecule has 2 aromatic rings. The molecule has 22 heavy (non-hydrogen) atoms. The van der Waals surface area contributed by atoms with Gasteiger partial charge in [0.2, 0.25) is 5.78 Å². The van der Waals surface area contributed by atoms with Crippen LogP contribution in [-0.2, 0) is 4.79 Å². The molecule has 1 aliphatic rings. The molecule has 0 spiro atoms. The van der Waals surface area contributed by atoms with Gasteiger partial charge in [0.15, 0.2) is 5.66 Å². The third-order valence-electron chi connectivity index (χ3n) is 4.10. The third-order valence-corrected chi connectivity index (χ3v) is 8.38. The number of ketones is 1. The summed E-state index contributed by atoms with van der Waals surface area (Å²) < 4.78 is 0. The quantitative estimate of drug-likeness (QED) is 0.745. The fourth-order valence-electron chi connectivity index (χ4n) is 2.89. The van der Waals surface area contributed by atoms with Crippen LogP contribution in [0.4, 0.5) is 0 Å². The Hall–Kier alpha value is -1.50. The van der Waals surface area contributed by atoms with Gasteiger partial charge in [-0.15, -0.1) is 17.0 Å². The predicted molar refractivity (Wildman–Crippen MR) is 102 cm³/mol. The first kappa shape index (κ1) is 16.9. The zero-order valence-electron chi connectivity index (χ0n) is 12.4. The van der Waals surface area contributed by atoms with Crippen LogP contribution < -0.4 is 10.6 Å². The maximum atomic E-state index is 12.5. The molecule has 0 aliphatic heterocycles. The average molecular weight is 374 g/mol. The molecule has 3 heteroatoms. The lowest BCUT2D eigenvalue weighted by Gasteiger charge is -2.29. The Morgan fingerprint density at radius 1 is 0.818 bits per heavy atom. The summed E-state index contributed by atoms with van der Waals surface area (Å²) in [6.07, 6.45) is 7.60. The first-order valence-corrected chi connectivity index (χ1v) is 9.39. The molecular weight excluding hydrogens is 355 g/mol. The summed E-state index contributed by atoms with van der Waals surface area (Å²) >= 11 is 0. The molecule has 1 atom stereocenters. The van der Waals surface area contributed by atoms with Crippen molar-refractivity contribution in [2.24, 2.45) is 0 Å². The Bertz CT molecular complexity index is 652. The predicted octanol–water partition coefficient (Wildman–Crippen LogP) is 3.93. The second-order valence-electron chi connectivity index (χ2n) is 5.34. The van der Waals surface area contributed by atoms with Crippen LogP contribution in [0.5, 0.6) is 0 Å². The summed E-state index contributed by atoms with van der Waals surface area (Å²) in [5, 5.41) is 2.55. The van der Waals surface area contributed by atoms with Crippen LogP contribution in [0.3, 0.4) is 0 Å². The lowest BCUT2D eigenvalue weighted by molar-refractivity contribution is -0.113. The van der Waals surface area contributed by atoms with Gasteiger partial charge in [-0.25, -0.2) is 0 Å². The summed E-state index contributed by atoms with van der Waals surface area (Å²) in [5.74, 6) is 0.209. The molecule has 0 heterocycles. The van der Waals surface area contributed by atoms with E-state index >= 15 is 0 Å². The van der Waals surface area contributed by atoms with E-state index in [2.05, 4.69) is 61.3 Å². The van der Waals surface area contributed by atoms with E-state index in [9.17, 15) is 4.79 Å². The molecule has 0 radical (unpaired) electrons. The molecule has 0 saturated heterocycles. The molecule has 0 amide bonds. The molecule has 0 fully saturated rings. The van der Waals surface area contributed by atoms with E-state index < -0.39 is 7.26 Å². The minimum Gasteiger partial charge on any atom is -0.290 e. The number of allylic oxidation sites excluding steroid dienone is 4. The van der Waals surface area contributed by atoms with Gasteiger partial charge in [-0.3, -0.25) is 4.79 Å². The molecule has 0 N–H and O–H groups in total. The first-order chi connectivity index (χ1) is 10.2. The van der Waals surface area contributed by atoms with Crippen molar-refractivity contribution in [1.82, 2.24) is 0 Å². The normalized spacial score (nSPS) is 17.1. The van der Waals surface area contributed by atoms with Gasteiger partial charge in [0.1, 0.15) is 0 Å². The van der Waals surface area contributed by atoms with Gasteiger partial charge in [-0.2, -0.15) is 0 Å². The molecular formula is C19H19BrOP+. The maximum absolute atomic E-state index is 12.5. The number of benzene rings is 2. The van der Waals surface area contributed by atoms with Crippen molar-refractivity contribution in [3.63, 3.8) is 0 Å². The van der Waals surface area contributed by atoms with Crippen LogP contribution >= 0.6 is 24.2 Å².